The molecule has 0 atom stereocenters. The summed E-state index contributed by atoms with van der Waals surface area (Å²) in [5.74, 6) is -0.135. The number of sulfonamides is 1. The molecule has 3 heterocycles. The highest BCUT2D eigenvalue weighted by Gasteiger charge is 2.17. The van der Waals surface area contributed by atoms with E-state index in [2.05, 4.69) is 20.0 Å². The molecule has 0 amide bonds. The third-order valence-electron chi connectivity index (χ3n) is 4.87. The van der Waals surface area contributed by atoms with E-state index in [1.54, 1.807) is 40.1 Å². The Balaban J connectivity index is 1.41. The topological polar surface area (TPSA) is 98.5 Å². The second-order valence-corrected chi connectivity index (χ2v) is 9.60. The highest BCUT2D eigenvalue weighted by atomic mass is 32.2. The molecule has 11 heteroatoms. The molecule has 0 saturated heterocycles. The van der Waals surface area contributed by atoms with Crippen molar-refractivity contribution < 1.29 is 17.5 Å². The molecule has 1 N–H and O–H groups in total. The van der Waals surface area contributed by atoms with Crippen molar-refractivity contribution in [2.45, 2.75) is 4.90 Å². The Morgan fingerprint density at radius 3 is 2.55 bits per heavy atom. The van der Waals surface area contributed by atoms with Crippen molar-refractivity contribution in [3.63, 3.8) is 0 Å². The van der Waals surface area contributed by atoms with E-state index in [9.17, 15) is 12.8 Å². The highest BCUT2D eigenvalue weighted by molar-refractivity contribution is 7.92. The molecule has 33 heavy (non-hydrogen) atoms. The smallest absolute Gasteiger partial charge is 0.262 e. The van der Waals surface area contributed by atoms with Gasteiger partial charge in [0.2, 0.25) is 0 Å². The lowest BCUT2D eigenvalue weighted by Gasteiger charge is -2.10. The number of ether oxygens (including phenoxy) is 1. The fourth-order valence-electron chi connectivity index (χ4n) is 3.24. The Kier molecular flexibility index (Phi) is 5.27. The summed E-state index contributed by atoms with van der Waals surface area (Å²) in [4.78, 5) is 0.748. The first-order chi connectivity index (χ1) is 15.9. The lowest BCUT2D eigenvalue weighted by Crippen LogP contribution is -2.13. The summed E-state index contributed by atoms with van der Waals surface area (Å²) in [6, 6.07) is 17.7. The van der Waals surface area contributed by atoms with Crippen molar-refractivity contribution in [3.05, 3.63) is 77.9 Å². The molecule has 0 aliphatic rings. The number of aromatic nitrogens is 4. The molecule has 0 saturated carbocycles. The van der Waals surface area contributed by atoms with Crippen LogP contribution >= 0.6 is 11.3 Å². The number of anilines is 1. The number of fused-ring (bicyclic) bond motifs is 1. The fraction of sp³-hybridized carbons (Fsp3) is 0.0455. The minimum absolute atomic E-state index is 0.0295. The molecule has 5 aromatic rings. The van der Waals surface area contributed by atoms with Crippen LogP contribution in [0.25, 0.3) is 27.6 Å². The molecule has 0 aliphatic heterocycles. The Morgan fingerprint density at radius 1 is 1.03 bits per heavy atom. The van der Waals surface area contributed by atoms with Gasteiger partial charge in [-0.15, -0.1) is 21.5 Å². The number of benzene rings is 2. The van der Waals surface area contributed by atoms with Gasteiger partial charge in [-0.25, -0.2) is 12.8 Å². The van der Waals surface area contributed by atoms with Crippen LogP contribution in [0.4, 0.5) is 10.1 Å². The van der Waals surface area contributed by atoms with Crippen molar-refractivity contribution in [1.82, 2.24) is 19.8 Å². The van der Waals surface area contributed by atoms with Crippen LogP contribution in [0.2, 0.25) is 0 Å². The van der Waals surface area contributed by atoms with Gasteiger partial charge in [0.25, 0.3) is 10.0 Å². The Bertz CT molecular complexity index is 1550. The maximum atomic E-state index is 13.9. The predicted molar refractivity (Wildman–Crippen MR) is 123 cm³/mol. The number of hydrogen-bond acceptors (Lipinski definition) is 7. The molecule has 3 aromatic heterocycles. The van der Waals surface area contributed by atoms with E-state index in [0.717, 1.165) is 16.5 Å². The van der Waals surface area contributed by atoms with Crippen LogP contribution in [0, 0.1) is 5.82 Å². The molecule has 0 fully saturated rings. The lowest BCUT2D eigenvalue weighted by atomic mass is 10.1. The van der Waals surface area contributed by atoms with Crippen LogP contribution in [-0.4, -0.2) is 35.3 Å². The molecule has 0 unspecified atom stereocenters. The number of nitrogens with zero attached hydrogens (tertiary/aromatic N) is 4. The van der Waals surface area contributed by atoms with E-state index < -0.39 is 15.8 Å². The van der Waals surface area contributed by atoms with E-state index in [-0.39, 0.29) is 10.6 Å². The number of nitrogens with one attached hydrogen (secondary N) is 1. The van der Waals surface area contributed by atoms with Gasteiger partial charge in [0.15, 0.2) is 23.0 Å². The number of thiophene rings is 1. The summed E-state index contributed by atoms with van der Waals surface area (Å²) in [6.45, 7) is 0. The van der Waals surface area contributed by atoms with Gasteiger partial charge in [-0.1, -0.05) is 18.2 Å². The molecular formula is C22H16FN5O3S2. The largest absolute Gasteiger partial charge is 0.494 e. The van der Waals surface area contributed by atoms with Crippen LogP contribution in [0.3, 0.4) is 0 Å². The molecule has 5 rings (SSSR count). The summed E-state index contributed by atoms with van der Waals surface area (Å²) in [7, 11) is -2.66. The minimum atomic E-state index is -3.97. The van der Waals surface area contributed by atoms with Crippen LogP contribution in [0.5, 0.6) is 5.75 Å². The molecule has 0 radical (unpaired) electrons. The first kappa shape index (κ1) is 21.0. The minimum Gasteiger partial charge on any atom is -0.494 e. The zero-order valence-electron chi connectivity index (χ0n) is 17.1. The average molecular weight is 482 g/mol. The SMILES string of the molecule is COc1ccc(S(=O)(=O)Nc2ccc(-c3ccc4nnc(-c5cccs5)n4n3)cc2)cc1F. The van der Waals surface area contributed by atoms with Crippen LogP contribution in [0.15, 0.2) is 77.0 Å². The zero-order valence-corrected chi connectivity index (χ0v) is 18.8. The fourth-order valence-corrected chi connectivity index (χ4v) is 5.00. The van der Waals surface area contributed by atoms with Crippen molar-refractivity contribution in [1.29, 1.82) is 0 Å². The number of rotatable bonds is 6. The normalized spacial score (nSPS) is 11.6. The van der Waals surface area contributed by atoms with E-state index >= 15 is 0 Å². The molecule has 0 spiro atoms. The van der Waals surface area contributed by atoms with Gasteiger partial charge in [-0.3, -0.25) is 4.72 Å². The van der Waals surface area contributed by atoms with E-state index in [1.165, 1.54) is 19.2 Å². The van der Waals surface area contributed by atoms with Crippen molar-refractivity contribution in [3.8, 4) is 27.7 Å². The maximum Gasteiger partial charge on any atom is 0.262 e. The average Bonchev–Trinajstić information content (AvgIpc) is 3.48. The number of hydrogen-bond donors (Lipinski definition) is 1. The second kappa shape index (κ2) is 8.26. The monoisotopic (exact) mass is 481 g/mol. The summed E-state index contributed by atoms with van der Waals surface area (Å²) in [5, 5.41) is 15.0. The van der Waals surface area contributed by atoms with Crippen LogP contribution < -0.4 is 9.46 Å². The van der Waals surface area contributed by atoms with Gasteiger partial charge in [0, 0.05) is 11.3 Å². The Labute approximate surface area is 192 Å². The first-order valence-corrected chi connectivity index (χ1v) is 12.0. The number of halogens is 1. The summed E-state index contributed by atoms with van der Waals surface area (Å²) >= 11 is 1.55. The maximum absolute atomic E-state index is 13.9. The van der Waals surface area contributed by atoms with Gasteiger partial charge in [-0.05, 0) is 53.9 Å². The van der Waals surface area contributed by atoms with Gasteiger partial charge in [-0.2, -0.15) is 9.61 Å². The third-order valence-corrected chi connectivity index (χ3v) is 7.12. The summed E-state index contributed by atoms with van der Waals surface area (Å²) in [6.07, 6.45) is 0. The molecule has 8 nitrogen and oxygen atoms in total. The third kappa shape index (κ3) is 4.03. The number of methoxy groups -OCH3 is 1. The van der Waals surface area contributed by atoms with Crippen LogP contribution in [0.1, 0.15) is 0 Å². The quantitative estimate of drug-likeness (QED) is 0.384. The molecular weight excluding hydrogens is 465 g/mol. The van der Waals surface area contributed by atoms with Crippen molar-refractivity contribution in [2.75, 3.05) is 11.8 Å². The molecule has 0 aliphatic carbocycles. The Hall–Kier alpha value is -3.83. The van der Waals surface area contributed by atoms with Gasteiger partial charge in [0.1, 0.15) is 0 Å². The predicted octanol–water partition coefficient (Wildman–Crippen LogP) is 4.47. The van der Waals surface area contributed by atoms with Gasteiger partial charge < -0.3 is 4.74 Å². The van der Waals surface area contributed by atoms with Crippen molar-refractivity contribution >= 4 is 32.7 Å². The summed E-state index contributed by atoms with van der Waals surface area (Å²) in [5.41, 5.74) is 2.41. The highest BCUT2D eigenvalue weighted by Crippen LogP contribution is 2.26. The molecule has 2 aromatic carbocycles. The summed E-state index contributed by atoms with van der Waals surface area (Å²) < 4.78 is 48.1. The van der Waals surface area contributed by atoms with Gasteiger partial charge in [0.05, 0.1) is 22.6 Å². The van der Waals surface area contributed by atoms with Crippen LogP contribution in [-0.2, 0) is 10.0 Å². The Morgan fingerprint density at radius 2 is 1.85 bits per heavy atom. The standard InChI is InChI=1S/C22H16FN5O3S2/c1-31-19-10-8-16(13-17(19)23)33(29,30)27-15-6-4-14(5-7-15)18-9-11-21-24-25-22(28(21)26-18)20-3-2-12-32-20/h2-13,27H,1H3. The van der Waals surface area contributed by atoms with Crippen molar-refractivity contribution in [2.24, 2.45) is 0 Å². The lowest BCUT2D eigenvalue weighted by molar-refractivity contribution is 0.385. The molecule has 0 bridgehead atoms. The van der Waals surface area contributed by atoms with E-state index in [1.807, 2.05) is 29.6 Å². The zero-order chi connectivity index (χ0) is 23.0. The second-order valence-electron chi connectivity index (χ2n) is 6.97. The van der Waals surface area contributed by atoms with E-state index in [0.29, 0.717) is 22.9 Å². The van der Waals surface area contributed by atoms with E-state index in [4.69, 9.17) is 4.74 Å². The first-order valence-electron chi connectivity index (χ1n) is 9.68. The van der Waals surface area contributed by atoms with Gasteiger partial charge >= 0.3 is 0 Å². The molecule has 166 valence electrons.